The number of fused-ring (bicyclic) bond motifs is 1. The van der Waals surface area contributed by atoms with Gasteiger partial charge in [-0.2, -0.15) is 4.31 Å². The Morgan fingerprint density at radius 3 is 2.43 bits per heavy atom. The molecule has 2 heterocycles. The molecule has 1 aromatic heterocycles. The smallest absolute Gasteiger partial charge is 0.323 e. The zero-order chi connectivity index (χ0) is 15.2. The number of ether oxygens (including phenoxy) is 1. The second-order valence-electron chi connectivity index (χ2n) is 5.37. The lowest BCUT2D eigenvalue weighted by Crippen LogP contribution is -2.48. The molecular formula is C13H17N3O4S. The number of hydrogen-bond donors (Lipinski definition) is 2. The number of nitrogens with one attached hydrogen (secondary N) is 2. The van der Waals surface area contributed by atoms with E-state index in [2.05, 4.69) is 9.97 Å². The Bertz CT molecular complexity index is 813. The molecule has 0 bridgehead atoms. The van der Waals surface area contributed by atoms with Gasteiger partial charge in [0.15, 0.2) is 0 Å². The summed E-state index contributed by atoms with van der Waals surface area (Å²) in [5, 5.41) is 0. The van der Waals surface area contributed by atoms with E-state index in [9.17, 15) is 13.2 Å². The molecule has 3 rings (SSSR count). The van der Waals surface area contributed by atoms with Crippen LogP contribution in [0.4, 0.5) is 0 Å². The summed E-state index contributed by atoms with van der Waals surface area (Å²) >= 11 is 0. The van der Waals surface area contributed by atoms with Crippen LogP contribution in [0.3, 0.4) is 0 Å². The maximum atomic E-state index is 12.7. The van der Waals surface area contributed by atoms with Gasteiger partial charge in [0.2, 0.25) is 10.0 Å². The molecule has 1 fully saturated rings. The minimum absolute atomic E-state index is 0.140. The Kier molecular flexibility index (Phi) is 3.39. The van der Waals surface area contributed by atoms with Crippen molar-refractivity contribution in [2.24, 2.45) is 0 Å². The molecule has 1 aliphatic heterocycles. The van der Waals surface area contributed by atoms with E-state index in [1.54, 1.807) is 6.07 Å². The fourth-order valence-corrected chi connectivity index (χ4v) is 4.27. The van der Waals surface area contributed by atoms with Gasteiger partial charge >= 0.3 is 5.69 Å². The van der Waals surface area contributed by atoms with Gasteiger partial charge in [-0.3, -0.25) is 0 Å². The molecule has 0 aliphatic carbocycles. The average Bonchev–Trinajstić information content (AvgIpc) is 2.76. The lowest BCUT2D eigenvalue weighted by atomic mass is 10.3. The Balaban J connectivity index is 2.01. The molecule has 1 aliphatic rings. The van der Waals surface area contributed by atoms with Crippen LogP contribution in [0.15, 0.2) is 27.9 Å². The van der Waals surface area contributed by atoms with Gasteiger partial charge in [0.1, 0.15) is 0 Å². The van der Waals surface area contributed by atoms with E-state index in [1.165, 1.54) is 16.4 Å². The molecule has 21 heavy (non-hydrogen) atoms. The van der Waals surface area contributed by atoms with E-state index in [4.69, 9.17) is 4.74 Å². The second kappa shape index (κ2) is 4.97. The van der Waals surface area contributed by atoms with E-state index in [1.807, 2.05) is 13.8 Å². The molecule has 0 saturated carbocycles. The fraction of sp³-hybridized carbons (Fsp3) is 0.462. The zero-order valence-corrected chi connectivity index (χ0v) is 12.6. The second-order valence-corrected chi connectivity index (χ2v) is 7.30. The SMILES string of the molecule is C[C@@H]1CN(S(=O)(=O)c2ccc3[nH]c(=O)[nH]c3c2)C[C@@H](C)O1. The van der Waals surface area contributed by atoms with Crippen LogP contribution in [-0.4, -0.2) is 48.0 Å². The molecule has 0 unspecified atom stereocenters. The first-order valence-electron chi connectivity index (χ1n) is 6.74. The van der Waals surface area contributed by atoms with Crippen LogP contribution in [0.5, 0.6) is 0 Å². The Hall–Kier alpha value is -1.64. The third kappa shape index (κ3) is 2.61. The highest BCUT2D eigenvalue weighted by molar-refractivity contribution is 7.89. The van der Waals surface area contributed by atoms with Gasteiger partial charge in [0.25, 0.3) is 0 Å². The van der Waals surface area contributed by atoms with Crippen molar-refractivity contribution in [3.05, 3.63) is 28.7 Å². The van der Waals surface area contributed by atoms with E-state index >= 15 is 0 Å². The summed E-state index contributed by atoms with van der Waals surface area (Å²) in [5.41, 5.74) is 0.714. The van der Waals surface area contributed by atoms with Crippen molar-refractivity contribution in [2.45, 2.75) is 31.0 Å². The Morgan fingerprint density at radius 1 is 1.14 bits per heavy atom. The monoisotopic (exact) mass is 311 g/mol. The molecule has 1 saturated heterocycles. The van der Waals surface area contributed by atoms with Crippen molar-refractivity contribution in [2.75, 3.05) is 13.1 Å². The zero-order valence-electron chi connectivity index (χ0n) is 11.8. The molecule has 0 radical (unpaired) electrons. The van der Waals surface area contributed by atoms with E-state index < -0.39 is 10.0 Å². The predicted molar refractivity (Wildman–Crippen MR) is 77.7 cm³/mol. The number of sulfonamides is 1. The molecule has 7 nitrogen and oxygen atoms in total. The quantitative estimate of drug-likeness (QED) is 0.851. The molecule has 114 valence electrons. The van der Waals surface area contributed by atoms with Gasteiger partial charge < -0.3 is 14.7 Å². The highest BCUT2D eigenvalue weighted by atomic mass is 32.2. The number of hydrogen-bond acceptors (Lipinski definition) is 4. The molecule has 2 N–H and O–H groups in total. The summed E-state index contributed by atoms with van der Waals surface area (Å²) in [7, 11) is -3.59. The van der Waals surface area contributed by atoms with Gasteiger partial charge in [-0.15, -0.1) is 0 Å². The number of aromatic nitrogens is 2. The highest BCUT2D eigenvalue weighted by Crippen LogP contribution is 2.22. The van der Waals surface area contributed by atoms with Crippen LogP contribution in [0, 0.1) is 0 Å². The molecule has 0 amide bonds. The van der Waals surface area contributed by atoms with E-state index in [-0.39, 0.29) is 22.8 Å². The number of imidazole rings is 1. The van der Waals surface area contributed by atoms with Gasteiger partial charge in [-0.25, -0.2) is 13.2 Å². The highest BCUT2D eigenvalue weighted by Gasteiger charge is 2.32. The summed E-state index contributed by atoms with van der Waals surface area (Å²) in [6, 6.07) is 4.58. The molecule has 1 aromatic carbocycles. The molecule has 8 heteroatoms. The van der Waals surface area contributed by atoms with Gasteiger partial charge in [-0.1, -0.05) is 0 Å². The maximum Gasteiger partial charge on any atom is 0.323 e. The van der Waals surface area contributed by atoms with E-state index in [0.29, 0.717) is 24.1 Å². The minimum Gasteiger partial charge on any atom is -0.373 e. The number of nitrogens with zero attached hydrogens (tertiary/aromatic N) is 1. The van der Waals surface area contributed by atoms with Crippen LogP contribution in [-0.2, 0) is 14.8 Å². The van der Waals surface area contributed by atoms with Gasteiger partial charge in [0, 0.05) is 13.1 Å². The van der Waals surface area contributed by atoms with Crippen LogP contribution >= 0.6 is 0 Å². The molecule has 0 spiro atoms. The summed E-state index contributed by atoms with van der Waals surface area (Å²) in [6.07, 6.45) is -0.279. The summed E-state index contributed by atoms with van der Waals surface area (Å²) in [6.45, 7) is 4.36. The summed E-state index contributed by atoms with van der Waals surface area (Å²) in [5.74, 6) is 0. The van der Waals surface area contributed by atoms with Crippen LogP contribution in [0.1, 0.15) is 13.8 Å². The topological polar surface area (TPSA) is 95.3 Å². The van der Waals surface area contributed by atoms with Crippen molar-refractivity contribution in [1.29, 1.82) is 0 Å². The van der Waals surface area contributed by atoms with Crippen LogP contribution < -0.4 is 5.69 Å². The average molecular weight is 311 g/mol. The summed E-state index contributed by atoms with van der Waals surface area (Å²) in [4.78, 5) is 16.6. The lowest BCUT2D eigenvalue weighted by molar-refractivity contribution is -0.0440. The van der Waals surface area contributed by atoms with Crippen molar-refractivity contribution in [1.82, 2.24) is 14.3 Å². The molecule has 2 atom stereocenters. The Labute approximate surface area is 122 Å². The number of morpholine rings is 1. The standard InChI is InChI=1S/C13H17N3O4S/c1-8-6-16(7-9(2)20-8)21(18,19)10-3-4-11-12(5-10)15-13(17)14-11/h3-5,8-9H,6-7H2,1-2H3,(H2,14,15,17)/t8-,9-/m1/s1. The predicted octanol–water partition coefficient (Wildman–Crippen LogP) is 0.654. The normalized spacial score (nSPS) is 24.5. The Morgan fingerprint density at radius 2 is 1.76 bits per heavy atom. The van der Waals surface area contributed by atoms with E-state index in [0.717, 1.165) is 0 Å². The van der Waals surface area contributed by atoms with Crippen molar-refractivity contribution in [3.8, 4) is 0 Å². The first-order chi connectivity index (χ1) is 9.86. The largest absolute Gasteiger partial charge is 0.373 e. The van der Waals surface area contributed by atoms with Crippen LogP contribution in [0.25, 0.3) is 11.0 Å². The first kappa shape index (κ1) is 14.3. The molecular weight excluding hydrogens is 294 g/mol. The summed E-state index contributed by atoms with van der Waals surface area (Å²) < 4.78 is 32.4. The number of benzene rings is 1. The number of rotatable bonds is 2. The molecule has 2 aromatic rings. The first-order valence-corrected chi connectivity index (χ1v) is 8.18. The number of aromatic amines is 2. The van der Waals surface area contributed by atoms with Crippen molar-refractivity contribution in [3.63, 3.8) is 0 Å². The van der Waals surface area contributed by atoms with Gasteiger partial charge in [-0.05, 0) is 32.0 Å². The van der Waals surface area contributed by atoms with Crippen molar-refractivity contribution >= 4 is 21.1 Å². The van der Waals surface area contributed by atoms with Crippen molar-refractivity contribution < 1.29 is 13.2 Å². The minimum atomic E-state index is -3.59. The fourth-order valence-electron chi connectivity index (χ4n) is 2.65. The third-order valence-electron chi connectivity index (χ3n) is 3.51. The number of H-pyrrole nitrogens is 2. The van der Waals surface area contributed by atoms with Crippen LogP contribution in [0.2, 0.25) is 0 Å². The van der Waals surface area contributed by atoms with Gasteiger partial charge in [0.05, 0.1) is 28.1 Å². The lowest BCUT2D eigenvalue weighted by Gasteiger charge is -2.34. The third-order valence-corrected chi connectivity index (χ3v) is 5.34. The maximum absolute atomic E-state index is 12.7.